The lowest BCUT2D eigenvalue weighted by molar-refractivity contribution is 0.0236. The van der Waals surface area contributed by atoms with Crippen molar-refractivity contribution < 1.29 is 23.0 Å². The molecule has 7 heteroatoms. The zero-order chi connectivity index (χ0) is 15.3. The van der Waals surface area contributed by atoms with Crippen LogP contribution in [-0.2, 0) is 14.8 Å². The fraction of sp³-hybridized carbons (Fsp3) is 0.571. The van der Waals surface area contributed by atoms with Gasteiger partial charge < -0.3 is 14.6 Å². The molecule has 21 heavy (non-hydrogen) atoms. The first-order valence-electron chi connectivity index (χ1n) is 6.94. The van der Waals surface area contributed by atoms with Gasteiger partial charge in [-0.2, -0.15) is 0 Å². The topological polar surface area (TPSA) is 84.9 Å². The van der Waals surface area contributed by atoms with E-state index in [1.54, 1.807) is 19.2 Å². The Bertz CT molecular complexity index is 537. The van der Waals surface area contributed by atoms with Crippen molar-refractivity contribution in [3.8, 4) is 5.75 Å². The van der Waals surface area contributed by atoms with Crippen LogP contribution >= 0.6 is 0 Å². The minimum Gasteiger partial charge on any atom is -0.494 e. The van der Waals surface area contributed by atoms with Crippen LogP contribution in [0.25, 0.3) is 0 Å². The second-order valence-electron chi connectivity index (χ2n) is 5.04. The quantitative estimate of drug-likeness (QED) is 0.696. The van der Waals surface area contributed by atoms with Crippen molar-refractivity contribution in [2.75, 3.05) is 20.3 Å². The van der Waals surface area contributed by atoms with Crippen molar-refractivity contribution in [1.82, 2.24) is 4.72 Å². The summed E-state index contributed by atoms with van der Waals surface area (Å²) in [6.45, 7) is 0.474. The molecule has 0 spiro atoms. The predicted molar refractivity (Wildman–Crippen MR) is 77.8 cm³/mol. The minimum atomic E-state index is -3.50. The summed E-state index contributed by atoms with van der Waals surface area (Å²) in [6.07, 6.45) is 2.11. The summed E-state index contributed by atoms with van der Waals surface area (Å²) in [5.41, 5.74) is 0. The lowest BCUT2D eigenvalue weighted by Gasteiger charge is -2.34. The highest BCUT2D eigenvalue weighted by Crippen LogP contribution is 2.25. The summed E-state index contributed by atoms with van der Waals surface area (Å²) in [6, 6.07) is 6.21. The lowest BCUT2D eigenvalue weighted by atomic mass is 9.90. The highest BCUT2D eigenvalue weighted by Gasteiger charge is 2.32. The van der Waals surface area contributed by atoms with Gasteiger partial charge in [0.2, 0.25) is 10.0 Å². The molecule has 0 heterocycles. The third-order valence-corrected chi connectivity index (χ3v) is 4.99. The van der Waals surface area contributed by atoms with Gasteiger partial charge in [0.25, 0.3) is 0 Å². The summed E-state index contributed by atoms with van der Waals surface area (Å²) in [4.78, 5) is 0.220. The molecule has 1 aromatic rings. The monoisotopic (exact) mass is 315 g/mol. The Morgan fingerprint density at radius 1 is 1.29 bits per heavy atom. The number of ether oxygens (including phenoxy) is 2. The van der Waals surface area contributed by atoms with Gasteiger partial charge >= 0.3 is 0 Å². The Morgan fingerprint density at radius 2 is 1.95 bits per heavy atom. The fourth-order valence-electron chi connectivity index (χ4n) is 2.11. The molecule has 0 aliphatic heterocycles. The van der Waals surface area contributed by atoms with Gasteiger partial charge in [0.1, 0.15) is 5.75 Å². The first kappa shape index (κ1) is 16.2. The number of nitrogens with one attached hydrogen (secondary N) is 1. The smallest absolute Gasteiger partial charge is 0.240 e. The van der Waals surface area contributed by atoms with Crippen LogP contribution in [0.4, 0.5) is 0 Å². The Balaban J connectivity index is 1.91. The third-order valence-electron chi connectivity index (χ3n) is 3.46. The van der Waals surface area contributed by atoms with Gasteiger partial charge in [-0.1, -0.05) is 0 Å². The first-order valence-corrected chi connectivity index (χ1v) is 8.42. The molecular weight excluding hydrogens is 294 g/mol. The zero-order valence-corrected chi connectivity index (χ0v) is 12.8. The highest BCUT2D eigenvalue weighted by atomic mass is 32.2. The van der Waals surface area contributed by atoms with Crippen molar-refractivity contribution in [2.45, 2.75) is 36.3 Å². The number of sulfonamides is 1. The molecule has 1 aliphatic rings. The van der Waals surface area contributed by atoms with Crippen LogP contribution in [0.1, 0.15) is 19.3 Å². The number of hydrogen-bond donors (Lipinski definition) is 2. The number of aliphatic hydroxyl groups excluding tert-OH is 1. The van der Waals surface area contributed by atoms with Crippen molar-refractivity contribution in [3.63, 3.8) is 0 Å². The molecule has 1 saturated carbocycles. The van der Waals surface area contributed by atoms with E-state index in [4.69, 9.17) is 14.6 Å². The van der Waals surface area contributed by atoms with Crippen LogP contribution in [0.3, 0.4) is 0 Å². The van der Waals surface area contributed by atoms with Crippen LogP contribution in [-0.4, -0.2) is 46.0 Å². The fourth-order valence-corrected chi connectivity index (χ4v) is 3.37. The highest BCUT2D eigenvalue weighted by molar-refractivity contribution is 7.89. The third kappa shape index (κ3) is 4.41. The van der Waals surface area contributed by atoms with Crippen molar-refractivity contribution in [3.05, 3.63) is 24.3 Å². The summed E-state index contributed by atoms with van der Waals surface area (Å²) in [7, 11) is -1.87. The minimum absolute atomic E-state index is 0.0552. The van der Waals surface area contributed by atoms with Crippen molar-refractivity contribution >= 4 is 10.0 Å². The molecule has 0 atom stereocenters. The van der Waals surface area contributed by atoms with Gasteiger partial charge in [0.15, 0.2) is 0 Å². The summed E-state index contributed by atoms with van der Waals surface area (Å²) >= 11 is 0. The van der Waals surface area contributed by atoms with Gasteiger partial charge in [-0.25, -0.2) is 13.1 Å². The molecule has 1 fully saturated rings. The first-order chi connectivity index (χ1) is 10.0. The van der Waals surface area contributed by atoms with Gasteiger partial charge in [-0.05, 0) is 37.1 Å². The molecule has 2 N–H and O–H groups in total. The molecule has 0 bridgehead atoms. The standard InChI is InChI=1S/C14H21NO5S/c1-19-13-9-11(10-13)15-21(17,18)14-5-3-12(4-6-14)20-8-2-7-16/h3-6,11,13,15-16H,2,7-10H2,1H3. The molecule has 2 rings (SSSR count). The number of rotatable bonds is 8. The van der Waals surface area contributed by atoms with Crippen molar-refractivity contribution in [2.24, 2.45) is 0 Å². The molecule has 118 valence electrons. The van der Waals surface area contributed by atoms with Gasteiger partial charge in [0.05, 0.1) is 17.6 Å². The van der Waals surface area contributed by atoms with Crippen LogP contribution in [0.5, 0.6) is 5.75 Å². The van der Waals surface area contributed by atoms with E-state index in [2.05, 4.69) is 4.72 Å². The van der Waals surface area contributed by atoms with Crippen molar-refractivity contribution in [1.29, 1.82) is 0 Å². The summed E-state index contributed by atoms with van der Waals surface area (Å²) < 4.78 is 37.5. The van der Waals surface area contributed by atoms with E-state index in [0.717, 1.165) is 0 Å². The second kappa shape index (κ2) is 7.22. The van der Waals surface area contributed by atoms with Crippen LogP contribution in [0.15, 0.2) is 29.2 Å². The molecule has 0 amide bonds. The van der Waals surface area contributed by atoms with E-state index >= 15 is 0 Å². The molecule has 6 nitrogen and oxygen atoms in total. The average Bonchev–Trinajstić information content (AvgIpc) is 2.43. The van der Waals surface area contributed by atoms with Gasteiger partial charge in [-0.3, -0.25) is 0 Å². The van der Waals surface area contributed by atoms with E-state index in [0.29, 0.717) is 31.6 Å². The maximum absolute atomic E-state index is 12.2. The van der Waals surface area contributed by atoms with Gasteiger partial charge in [-0.15, -0.1) is 0 Å². The van der Waals surface area contributed by atoms with E-state index in [9.17, 15) is 8.42 Å². The van der Waals surface area contributed by atoms with E-state index in [-0.39, 0.29) is 23.6 Å². The molecule has 0 aromatic heterocycles. The Hall–Kier alpha value is -1.15. The van der Waals surface area contributed by atoms with Crippen LogP contribution in [0.2, 0.25) is 0 Å². The van der Waals surface area contributed by atoms with E-state index < -0.39 is 10.0 Å². The van der Waals surface area contributed by atoms with E-state index in [1.807, 2.05) is 0 Å². The molecule has 0 saturated heterocycles. The predicted octanol–water partition coefficient (Wildman–Crippen LogP) is 0.903. The maximum atomic E-state index is 12.2. The maximum Gasteiger partial charge on any atom is 0.240 e. The Kier molecular flexibility index (Phi) is 5.58. The van der Waals surface area contributed by atoms with Gasteiger partial charge in [0, 0.05) is 26.2 Å². The average molecular weight is 315 g/mol. The number of hydrogen-bond acceptors (Lipinski definition) is 5. The van der Waals surface area contributed by atoms with E-state index in [1.165, 1.54) is 12.1 Å². The molecule has 0 radical (unpaired) electrons. The molecule has 1 aliphatic carbocycles. The second-order valence-corrected chi connectivity index (χ2v) is 6.76. The number of benzene rings is 1. The largest absolute Gasteiger partial charge is 0.494 e. The van der Waals surface area contributed by atoms with Crippen LogP contribution < -0.4 is 9.46 Å². The lowest BCUT2D eigenvalue weighted by Crippen LogP contribution is -2.47. The molecular formula is C14H21NO5S. The van der Waals surface area contributed by atoms with Crippen LogP contribution in [0, 0.1) is 0 Å². The number of aliphatic hydroxyl groups is 1. The normalized spacial score (nSPS) is 21.8. The Morgan fingerprint density at radius 3 is 2.52 bits per heavy atom. The zero-order valence-electron chi connectivity index (χ0n) is 12.0. The Labute approximate surface area is 125 Å². The SMILES string of the molecule is COC1CC(NS(=O)(=O)c2ccc(OCCCO)cc2)C1. The summed E-state index contributed by atoms with van der Waals surface area (Å²) in [5, 5.41) is 8.67. The molecule has 0 unspecified atom stereocenters. The summed E-state index contributed by atoms with van der Waals surface area (Å²) in [5.74, 6) is 0.588. The number of methoxy groups -OCH3 is 1. The molecule has 1 aromatic carbocycles.